The molecule has 2 N–H and O–H groups in total. The molecule has 1 amide bonds. The first-order chi connectivity index (χ1) is 11.8. The Balaban J connectivity index is 2.18. The number of rotatable bonds is 7. The molecule has 0 aliphatic heterocycles. The normalized spacial score (nSPS) is 12.5. The van der Waals surface area contributed by atoms with E-state index in [4.69, 9.17) is 0 Å². The third-order valence-electron chi connectivity index (χ3n) is 4.35. The topological polar surface area (TPSA) is 84.0 Å². The van der Waals surface area contributed by atoms with Gasteiger partial charge in [0.05, 0.1) is 11.0 Å². The Hall–Kier alpha value is -2.37. The van der Waals surface area contributed by atoms with Crippen LogP contribution in [0.3, 0.4) is 0 Å². The Labute approximate surface area is 147 Å². The lowest BCUT2D eigenvalue weighted by atomic mass is 10.0. The summed E-state index contributed by atoms with van der Waals surface area (Å²) in [6.45, 7) is 8.58. The van der Waals surface area contributed by atoms with Gasteiger partial charge < -0.3 is 14.9 Å². The molecule has 1 atom stereocenters. The van der Waals surface area contributed by atoms with Crippen molar-refractivity contribution in [3.63, 3.8) is 0 Å². The Morgan fingerprint density at radius 3 is 2.56 bits per heavy atom. The minimum absolute atomic E-state index is 0.0885. The highest BCUT2D eigenvalue weighted by Crippen LogP contribution is 2.13. The van der Waals surface area contributed by atoms with E-state index in [1.165, 1.54) is 4.57 Å². The van der Waals surface area contributed by atoms with Crippen LogP contribution in [0.25, 0.3) is 11.0 Å². The van der Waals surface area contributed by atoms with Crippen LogP contribution in [0.4, 0.5) is 0 Å². The Morgan fingerprint density at radius 1 is 1.20 bits per heavy atom. The fraction of sp³-hybridized carbons (Fsp3) is 0.526. The molecule has 0 spiro atoms. The zero-order chi connectivity index (χ0) is 18.6. The van der Waals surface area contributed by atoms with E-state index in [1.54, 1.807) is 25.1 Å². The Kier molecular flexibility index (Phi) is 6.17. The summed E-state index contributed by atoms with van der Waals surface area (Å²) in [6, 6.07) is 5.10. The van der Waals surface area contributed by atoms with Gasteiger partial charge in [0, 0.05) is 18.2 Å². The van der Waals surface area contributed by atoms with E-state index in [0.717, 1.165) is 19.3 Å². The van der Waals surface area contributed by atoms with E-state index in [2.05, 4.69) is 24.1 Å². The predicted octanol–water partition coefficient (Wildman–Crippen LogP) is 2.65. The van der Waals surface area contributed by atoms with Crippen LogP contribution in [0.5, 0.6) is 0 Å². The zero-order valence-electron chi connectivity index (χ0n) is 15.4. The Bertz CT molecular complexity index is 864. The van der Waals surface area contributed by atoms with Gasteiger partial charge in [0.2, 0.25) is 0 Å². The molecule has 0 saturated heterocycles. The first kappa shape index (κ1) is 19.0. The number of nitrogens with zero attached hydrogens (tertiary/aromatic N) is 1. The van der Waals surface area contributed by atoms with Gasteiger partial charge in [0.1, 0.15) is 0 Å². The third-order valence-corrected chi connectivity index (χ3v) is 4.35. The van der Waals surface area contributed by atoms with Crippen LogP contribution in [-0.2, 0) is 6.54 Å². The third kappa shape index (κ3) is 4.59. The summed E-state index contributed by atoms with van der Waals surface area (Å²) in [5.74, 6) is 0.491. The number of nitrogens with one attached hydrogen (secondary N) is 2. The molecule has 25 heavy (non-hydrogen) atoms. The zero-order valence-corrected chi connectivity index (χ0v) is 15.4. The minimum atomic E-state index is -0.672. The quantitative estimate of drug-likeness (QED) is 0.757. The highest BCUT2D eigenvalue weighted by atomic mass is 16.2. The van der Waals surface area contributed by atoms with Gasteiger partial charge in [-0.2, -0.15) is 0 Å². The van der Waals surface area contributed by atoms with Gasteiger partial charge in [-0.25, -0.2) is 0 Å². The van der Waals surface area contributed by atoms with E-state index < -0.39 is 11.1 Å². The van der Waals surface area contributed by atoms with Crippen LogP contribution in [0, 0.1) is 5.92 Å². The van der Waals surface area contributed by atoms with E-state index in [0.29, 0.717) is 29.1 Å². The first-order valence-corrected chi connectivity index (χ1v) is 8.91. The van der Waals surface area contributed by atoms with Crippen molar-refractivity contribution in [2.24, 2.45) is 5.92 Å². The molecule has 2 aromatic rings. The maximum Gasteiger partial charge on any atom is 0.316 e. The number of amides is 1. The standard InChI is InChI=1S/C19H27N3O3/c1-5-22-16-10-9-14(11-15(16)21-18(24)19(22)25)17(23)20-13(4)8-6-7-12(2)3/h9-13H,5-8H2,1-4H3,(H,20,23)(H,21,24). The highest BCUT2D eigenvalue weighted by Gasteiger charge is 2.13. The van der Waals surface area contributed by atoms with Gasteiger partial charge in [0.25, 0.3) is 5.91 Å². The van der Waals surface area contributed by atoms with Crippen molar-refractivity contribution in [1.29, 1.82) is 0 Å². The molecule has 0 bridgehead atoms. The van der Waals surface area contributed by atoms with Crippen molar-refractivity contribution < 1.29 is 4.79 Å². The minimum Gasteiger partial charge on any atom is -0.350 e. The van der Waals surface area contributed by atoms with Crippen molar-refractivity contribution in [3.05, 3.63) is 44.5 Å². The molecule has 0 aliphatic carbocycles. The van der Waals surface area contributed by atoms with Crippen LogP contribution >= 0.6 is 0 Å². The number of hydrogen-bond acceptors (Lipinski definition) is 3. The molecule has 1 heterocycles. The number of carbonyl (C=O) groups is 1. The number of carbonyl (C=O) groups excluding carboxylic acids is 1. The molecule has 1 aromatic heterocycles. The second kappa shape index (κ2) is 8.14. The number of aryl methyl sites for hydroxylation is 1. The second-order valence-electron chi connectivity index (χ2n) is 6.93. The van der Waals surface area contributed by atoms with Gasteiger partial charge >= 0.3 is 11.1 Å². The number of H-pyrrole nitrogens is 1. The lowest BCUT2D eigenvalue weighted by Crippen LogP contribution is -2.36. The summed E-state index contributed by atoms with van der Waals surface area (Å²) in [7, 11) is 0. The van der Waals surface area contributed by atoms with Crippen LogP contribution in [-0.4, -0.2) is 21.5 Å². The molecule has 0 radical (unpaired) electrons. The molecule has 0 fully saturated rings. The summed E-state index contributed by atoms with van der Waals surface area (Å²) in [5, 5.41) is 2.99. The summed E-state index contributed by atoms with van der Waals surface area (Å²) in [6.07, 6.45) is 3.16. The SMILES string of the molecule is CCn1c(=O)c(=O)[nH]c2cc(C(=O)NC(C)CCCC(C)C)ccc21. The van der Waals surface area contributed by atoms with Crippen LogP contribution < -0.4 is 16.4 Å². The van der Waals surface area contributed by atoms with E-state index in [9.17, 15) is 14.4 Å². The molecule has 1 unspecified atom stereocenters. The molecular formula is C19H27N3O3. The molecule has 1 aromatic carbocycles. The molecular weight excluding hydrogens is 318 g/mol. The average Bonchev–Trinajstić information content (AvgIpc) is 2.55. The highest BCUT2D eigenvalue weighted by molar-refractivity contribution is 5.97. The van der Waals surface area contributed by atoms with Gasteiger partial charge in [0.15, 0.2) is 0 Å². The number of hydrogen-bond donors (Lipinski definition) is 2. The van der Waals surface area contributed by atoms with Crippen molar-refractivity contribution in [2.75, 3.05) is 0 Å². The summed E-state index contributed by atoms with van der Waals surface area (Å²) in [5.41, 5.74) is 0.334. The smallest absolute Gasteiger partial charge is 0.316 e. The molecule has 6 heteroatoms. The summed E-state index contributed by atoms with van der Waals surface area (Å²) < 4.78 is 1.41. The van der Waals surface area contributed by atoms with E-state index in [1.807, 2.05) is 6.92 Å². The van der Waals surface area contributed by atoms with Crippen molar-refractivity contribution in [2.45, 2.75) is 59.5 Å². The monoisotopic (exact) mass is 345 g/mol. The van der Waals surface area contributed by atoms with Crippen molar-refractivity contribution in [3.8, 4) is 0 Å². The second-order valence-corrected chi connectivity index (χ2v) is 6.93. The molecule has 136 valence electrons. The van der Waals surface area contributed by atoms with Crippen molar-refractivity contribution >= 4 is 16.9 Å². The lowest BCUT2D eigenvalue weighted by molar-refractivity contribution is 0.0938. The summed E-state index contributed by atoms with van der Waals surface area (Å²) >= 11 is 0. The number of aromatic nitrogens is 2. The van der Waals surface area contributed by atoms with Gasteiger partial charge in [-0.15, -0.1) is 0 Å². The van der Waals surface area contributed by atoms with Gasteiger partial charge in [-0.3, -0.25) is 14.4 Å². The van der Waals surface area contributed by atoms with Crippen molar-refractivity contribution in [1.82, 2.24) is 14.9 Å². The van der Waals surface area contributed by atoms with E-state index >= 15 is 0 Å². The number of benzene rings is 1. The maximum atomic E-state index is 12.4. The number of fused-ring (bicyclic) bond motifs is 1. The predicted molar refractivity (Wildman–Crippen MR) is 100 cm³/mol. The Morgan fingerprint density at radius 2 is 1.92 bits per heavy atom. The molecule has 0 saturated carbocycles. The van der Waals surface area contributed by atoms with Gasteiger partial charge in [-0.05, 0) is 44.4 Å². The fourth-order valence-corrected chi connectivity index (χ4v) is 2.95. The largest absolute Gasteiger partial charge is 0.350 e. The maximum absolute atomic E-state index is 12.4. The molecule has 6 nitrogen and oxygen atoms in total. The molecule has 2 rings (SSSR count). The van der Waals surface area contributed by atoms with E-state index in [-0.39, 0.29) is 11.9 Å². The van der Waals surface area contributed by atoms with Gasteiger partial charge in [-0.1, -0.05) is 26.7 Å². The molecule has 0 aliphatic rings. The lowest BCUT2D eigenvalue weighted by Gasteiger charge is -2.15. The summed E-state index contributed by atoms with van der Waals surface area (Å²) in [4.78, 5) is 38.6. The fourth-order valence-electron chi connectivity index (χ4n) is 2.95. The first-order valence-electron chi connectivity index (χ1n) is 8.91. The average molecular weight is 345 g/mol. The van der Waals surface area contributed by atoms with Crippen LogP contribution in [0.15, 0.2) is 27.8 Å². The van der Waals surface area contributed by atoms with Crippen LogP contribution in [0.2, 0.25) is 0 Å². The van der Waals surface area contributed by atoms with Crippen LogP contribution in [0.1, 0.15) is 57.3 Å². The number of aromatic amines is 1.